The normalized spacial score (nSPS) is 21.5. The zero-order valence-corrected chi connectivity index (χ0v) is 13.4. The lowest BCUT2D eigenvalue weighted by atomic mass is 10.2. The Bertz CT molecular complexity index is 641. The molecule has 0 bridgehead atoms. The molecule has 23 heavy (non-hydrogen) atoms. The van der Waals surface area contributed by atoms with Crippen LogP contribution in [0.15, 0.2) is 36.7 Å². The van der Waals surface area contributed by atoms with Gasteiger partial charge in [0.25, 0.3) is 0 Å². The van der Waals surface area contributed by atoms with Crippen molar-refractivity contribution in [2.24, 2.45) is 0 Å². The third-order valence-electron chi connectivity index (χ3n) is 4.65. The highest BCUT2D eigenvalue weighted by Gasteiger charge is 2.27. The van der Waals surface area contributed by atoms with Crippen molar-refractivity contribution in [1.82, 2.24) is 19.9 Å². The fourth-order valence-corrected chi connectivity index (χ4v) is 3.17. The van der Waals surface area contributed by atoms with Crippen LogP contribution >= 0.6 is 0 Å². The van der Waals surface area contributed by atoms with E-state index in [-0.39, 0.29) is 0 Å². The first-order valence-electron chi connectivity index (χ1n) is 8.58. The predicted molar refractivity (Wildman–Crippen MR) is 90.4 cm³/mol. The molecular formula is C18H23N5. The van der Waals surface area contributed by atoms with Gasteiger partial charge in [0.1, 0.15) is 11.6 Å². The minimum absolute atomic E-state index is 0.487. The highest BCUT2D eigenvalue weighted by molar-refractivity contribution is 5.35. The monoisotopic (exact) mass is 309 g/mol. The molecule has 2 fully saturated rings. The molecule has 3 heterocycles. The Kier molecular flexibility index (Phi) is 4.20. The minimum atomic E-state index is 0.487. The largest absolute Gasteiger partial charge is 0.366 e. The van der Waals surface area contributed by atoms with Crippen LogP contribution in [-0.4, -0.2) is 45.5 Å². The first kappa shape index (κ1) is 14.6. The Labute approximate surface area is 137 Å². The molecule has 1 atom stereocenters. The van der Waals surface area contributed by atoms with Gasteiger partial charge in [-0.25, -0.2) is 9.97 Å². The first-order valence-corrected chi connectivity index (χ1v) is 8.58. The van der Waals surface area contributed by atoms with Crippen LogP contribution in [0.1, 0.15) is 36.7 Å². The molecule has 0 aromatic carbocycles. The van der Waals surface area contributed by atoms with Crippen LogP contribution < -0.4 is 5.32 Å². The van der Waals surface area contributed by atoms with Crippen LogP contribution in [0.5, 0.6) is 0 Å². The first-order chi connectivity index (χ1) is 11.4. The van der Waals surface area contributed by atoms with Crippen molar-refractivity contribution >= 4 is 5.82 Å². The second kappa shape index (κ2) is 6.62. The Morgan fingerprint density at radius 2 is 2.04 bits per heavy atom. The molecule has 1 saturated carbocycles. The molecule has 2 aromatic heterocycles. The van der Waals surface area contributed by atoms with E-state index in [0.717, 1.165) is 37.7 Å². The number of likely N-dealkylation sites (tertiary alicyclic amines) is 1. The second-order valence-electron chi connectivity index (χ2n) is 6.58. The Hall–Kier alpha value is -2.01. The quantitative estimate of drug-likeness (QED) is 0.888. The summed E-state index contributed by atoms with van der Waals surface area (Å²) in [5.74, 6) is 2.61. The van der Waals surface area contributed by atoms with E-state index in [0.29, 0.717) is 12.0 Å². The van der Waals surface area contributed by atoms with Crippen molar-refractivity contribution in [3.05, 3.63) is 48.2 Å². The lowest BCUT2D eigenvalue weighted by Crippen LogP contribution is -2.28. The molecule has 5 nitrogen and oxygen atoms in total. The summed E-state index contributed by atoms with van der Waals surface area (Å²) in [4.78, 5) is 16.0. The number of nitrogens with zero attached hydrogens (tertiary/aromatic N) is 4. The van der Waals surface area contributed by atoms with E-state index in [9.17, 15) is 0 Å². The lowest BCUT2D eigenvalue weighted by Gasteiger charge is -2.17. The fraction of sp³-hybridized carbons (Fsp3) is 0.500. The molecule has 4 rings (SSSR count). The molecule has 2 aliphatic rings. The van der Waals surface area contributed by atoms with Gasteiger partial charge in [0.2, 0.25) is 0 Å². The molecule has 1 saturated heterocycles. The Balaban J connectivity index is 1.27. The molecule has 0 amide bonds. The van der Waals surface area contributed by atoms with Crippen molar-refractivity contribution < 1.29 is 0 Å². The van der Waals surface area contributed by atoms with E-state index >= 15 is 0 Å². The van der Waals surface area contributed by atoms with Gasteiger partial charge in [0.15, 0.2) is 0 Å². The summed E-state index contributed by atoms with van der Waals surface area (Å²) in [7, 11) is 0. The van der Waals surface area contributed by atoms with E-state index in [1.807, 2.05) is 24.5 Å². The number of hydrogen-bond acceptors (Lipinski definition) is 5. The number of pyridine rings is 1. The van der Waals surface area contributed by atoms with Gasteiger partial charge in [-0.2, -0.15) is 0 Å². The summed E-state index contributed by atoms with van der Waals surface area (Å²) in [5.41, 5.74) is 1.17. The summed E-state index contributed by atoms with van der Waals surface area (Å²) in [6.07, 6.45) is 8.44. The van der Waals surface area contributed by atoms with E-state index in [1.165, 1.54) is 25.0 Å². The van der Waals surface area contributed by atoms with Crippen LogP contribution in [0.2, 0.25) is 0 Å². The van der Waals surface area contributed by atoms with Crippen molar-refractivity contribution in [3.63, 3.8) is 0 Å². The maximum Gasteiger partial charge on any atom is 0.133 e. The van der Waals surface area contributed by atoms with E-state index in [2.05, 4.69) is 37.3 Å². The summed E-state index contributed by atoms with van der Waals surface area (Å²) in [6, 6.07) is 8.61. The van der Waals surface area contributed by atoms with E-state index in [4.69, 9.17) is 0 Å². The van der Waals surface area contributed by atoms with Crippen LogP contribution in [0.25, 0.3) is 0 Å². The predicted octanol–water partition coefficient (Wildman–Crippen LogP) is 2.48. The fourth-order valence-electron chi connectivity index (χ4n) is 3.17. The summed E-state index contributed by atoms with van der Waals surface area (Å²) < 4.78 is 0. The average Bonchev–Trinajstić information content (AvgIpc) is 3.35. The lowest BCUT2D eigenvalue weighted by molar-refractivity contribution is 0.339. The van der Waals surface area contributed by atoms with Crippen LogP contribution in [-0.2, 0) is 6.42 Å². The molecule has 0 radical (unpaired) electrons. The molecule has 2 aromatic rings. The zero-order valence-electron chi connectivity index (χ0n) is 13.4. The van der Waals surface area contributed by atoms with Gasteiger partial charge >= 0.3 is 0 Å². The molecule has 1 aliphatic heterocycles. The van der Waals surface area contributed by atoms with Crippen molar-refractivity contribution in [3.8, 4) is 0 Å². The van der Waals surface area contributed by atoms with E-state index in [1.54, 1.807) is 0 Å². The van der Waals surface area contributed by atoms with Crippen LogP contribution in [0.3, 0.4) is 0 Å². The molecule has 1 N–H and O–H groups in total. The van der Waals surface area contributed by atoms with Gasteiger partial charge in [-0.05, 0) is 37.5 Å². The van der Waals surface area contributed by atoms with Crippen molar-refractivity contribution in [2.45, 2.75) is 37.6 Å². The average molecular weight is 309 g/mol. The molecule has 5 heteroatoms. The third kappa shape index (κ3) is 3.85. The van der Waals surface area contributed by atoms with Gasteiger partial charge in [0.05, 0.1) is 0 Å². The molecular weight excluding hydrogens is 286 g/mol. The van der Waals surface area contributed by atoms with Crippen LogP contribution in [0, 0.1) is 0 Å². The minimum Gasteiger partial charge on any atom is -0.366 e. The maximum atomic E-state index is 4.67. The van der Waals surface area contributed by atoms with Gasteiger partial charge in [-0.1, -0.05) is 6.07 Å². The Morgan fingerprint density at radius 1 is 1.09 bits per heavy atom. The maximum absolute atomic E-state index is 4.67. The van der Waals surface area contributed by atoms with Crippen LogP contribution in [0.4, 0.5) is 5.82 Å². The third-order valence-corrected chi connectivity index (χ3v) is 4.65. The number of aromatic nitrogens is 3. The molecule has 120 valence electrons. The molecule has 1 aliphatic carbocycles. The topological polar surface area (TPSA) is 53.9 Å². The highest BCUT2D eigenvalue weighted by atomic mass is 15.2. The molecule has 0 spiro atoms. The van der Waals surface area contributed by atoms with Gasteiger partial charge in [0, 0.05) is 56.1 Å². The SMILES string of the molecule is c1ccc(CCN2CCC(Nc3ccnc(C4CC4)n3)C2)nc1. The molecule has 1 unspecified atom stereocenters. The van der Waals surface area contributed by atoms with Gasteiger partial charge < -0.3 is 10.2 Å². The van der Waals surface area contributed by atoms with Crippen molar-refractivity contribution in [1.29, 1.82) is 0 Å². The Morgan fingerprint density at radius 3 is 2.87 bits per heavy atom. The number of hydrogen-bond donors (Lipinski definition) is 1. The summed E-state index contributed by atoms with van der Waals surface area (Å²) in [5, 5.41) is 3.58. The highest BCUT2D eigenvalue weighted by Crippen LogP contribution is 2.38. The van der Waals surface area contributed by atoms with Gasteiger partial charge in [-0.3, -0.25) is 4.98 Å². The smallest absolute Gasteiger partial charge is 0.133 e. The van der Waals surface area contributed by atoms with E-state index < -0.39 is 0 Å². The number of nitrogens with one attached hydrogen (secondary N) is 1. The number of anilines is 1. The second-order valence-corrected chi connectivity index (χ2v) is 6.58. The number of rotatable bonds is 6. The summed E-state index contributed by atoms with van der Waals surface area (Å²) in [6.45, 7) is 3.30. The van der Waals surface area contributed by atoms with Gasteiger partial charge in [-0.15, -0.1) is 0 Å². The standard InChI is InChI=1S/C18H23N5/c1-2-9-19-15(3-1)7-11-23-12-8-16(13-23)21-17-6-10-20-18(22-17)14-4-5-14/h1-3,6,9-10,14,16H,4-5,7-8,11-13H2,(H,20,21,22). The zero-order chi connectivity index (χ0) is 15.5. The van der Waals surface area contributed by atoms with Crippen molar-refractivity contribution in [2.75, 3.05) is 25.0 Å². The summed E-state index contributed by atoms with van der Waals surface area (Å²) >= 11 is 0.